The van der Waals surface area contributed by atoms with Crippen LogP contribution in [0.3, 0.4) is 0 Å². The second-order valence-electron chi connectivity index (χ2n) is 8.07. The maximum absolute atomic E-state index is 13.5. The molecule has 2 aromatic carbocycles. The van der Waals surface area contributed by atoms with Crippen LogP contribution in [0.15, 0.2) is 46.9 Å². The smallest absolute Gasteiger partial charge is 0.244 e. The molecule has 1 atom stereocenters. The lowest BCUT2D eigenvalue weighted by Crippen LogP contribution is -2.52. The van der Waals surface area contributed by atoms with E-state index in [-0.39, 0.29) is 35.0 Å². The number of hydrogen-bond donors (Lipinski definition) is 1. The third-order valence-corrected chi connectivity index (χ3v) is 6.84. The number of methoxy groups -OCH3 is 1. The van der Waals surface area contributed by atoms with Gasteiger partial charge < -0.3 is 15.0 Å². The molecular weight excluding hydrogens is 546 g/mol. The molecule has 2 rings (SSSR count). The van der Waals surface area contributed by atoms with Gasteiger partial charge in [-0.1, -0.05) is 39.7 Å². The van der Waals surface area contributed by atoms with E-state index in [2.05, 4.69) is 21.2 Å². The Morgan fingerprint density at radius 1 is 1.12 bits per heavy atom. The van der Waals surface area contributed by atoms with Gasteiger partial charge in [0.15, 0.2) is 0 Å². The first-order valence-corrected chi connectivity index (χ1v) is 13.5. The molecule has 0 spiro atoms. The lowest BCUT2D eigenvalue weighted by molar-refractivity contribution is -0.139. The summed E-state index contributed by atoms with van der Waals surface area (Å²) in [5.41, 5.74) is 0.917. The minimum Gasteiger partial charge on any atom is -0.495 e. The van der Waals surface area contributed by atoms with Crippen LogP contribution in [0.5, 0.6) is 5.75 Å². The fourth-order valence-electron chi connectivity index (χ4n) is 3.23. The van der Waals surface area contributed by atoms with Gasteiger partial charge >= 0.3 is 0 Å². The SMILES string of the molecule is COc1ccc(Cl)cc1N(CC(=O)N(Cc1ccc(Br)cc1)C(C)C(=O)NC(C)C)S(C)(=O)=O. The fourth-order valence-corrected chi connectivity index (χ4v) is 4.50. The van der Waals surface area contributed by atoms with Crippen LogP contribution < -0.4 is 14.4 Å². The number of carbonyl (C=O) groups is 2. The predicted octanol–water partition coefficient (Wildman–Crippen LogP) is 3.82. The van der Waals surface area contributed by atoms with Gasteiger partial charge in [-0.15, -0.1) is 0 Å². The van der Waals surface area contributed by atoms with Crippen molar-refractivity contribution in [1.82, 2.24) is 10.2 Å². The van der Waals surface area contributed by atoms with Gasteiger partial charge in [0, 0.05) is 22.1 Å². The standard InChI is InChI=1S/C23H29BrClN3O5S/c1-15(2)26-23(30)16(3)27(13-17-6-8-18(24)9-7-17)22(29)14-28(34(5,31)32)20-12-19(25)10-11-21(20)33-4/h6-12,15-16H,13-14H2,1-5H3,(H,26,30). The quantitative estimate of drug-likeness (QED) is 0.466. The molecule has 1 unspecified atom stereocenters. The Morgan fingerprint density at radius 3 is 2.26 bits per heavy atom. The predicted molar refractivity (Wildman–Crippen MR) is 138 cm³/mol. The third kappa shape index (κ3) is 7.61. The van der Waals surface area contributed by atoms with Crippen LogP contribution in [0.1, 0.15) is 26.3 Å². The van der Waals surface area contributed by atoms with E-state index < -0.39 is 28.5 Å². The van der Waals surface area contributed by atoms with Crippen molar-refractivity contribution in [2.75, 3.05) is 24.2 Å². The Bertz CT molecular complexity index is 1130. The average Bonchev–Trinajstić information content (AvgIpc) is 2.75. The van der Waals surface area contributed by atoms with E-state index in [0.29, 0.717) is 0 Å². The van der Waals surface area contributed by atoms with Gasteiger partial charge in [-0.2, -0.15) is 0 Å². The molecule has 0 aromatic heterocycles. The zero-order valence-corrected chi connectivity index (χ0v) is 22.9. The summed E-state index contributed by atoms with van der Waals surface area (Å²) in [6.07, 6.45) is 0.995. The molecule has 2 amide bonds. The van der Waals surface area contributed by atoms with Crippen LogP contribution in [0.25, 0.3) is 0 Å². The van der Waals surface area contributed by atoms with Gasteiger partial charge in [-0.25, -0.2) is 8.42 Å². The molecule has 0 heterocycles. The molecule has 0 aliphatic heterocycles. The van der Waals surface area contributed by atoms with Crippen LogP contribution in [-0.2, 0) is 26.2 Å². The highest BCUT2D eigenvalue weighted by Gasteiger charge is 2.31. The van der Waals surface area contributed by atoms with Gasteiger partial charge in [0.25, 0.3) is 0 Å². The molecule has 8 nitrogen and oxygen atoms in total. The third-order valence-electron chi connectivity index (χ3n) is 4.95. The second kappa shape index (κ2) is 11.9. The van der Waals surface area contributed by atoms with Crippen molar-refractivity contribution < 1.29 is 22.7 Å². The van der Waals surface area contributed by atoms with Gasteiger partial charge in [-0.05, 0) is 56.7 Å². The Labute approximate surface area is 214 Å². The zero-order valence-electron chi connectivity index (χ0n) is 19.7. The zero-order chi connectivity index (χ0) is 25.6. The van der Waals surface area contributed by atoms with Crippen molar-refractivity contribution in [2.24, 2.45) is 0 Å². The normalized spacial score (nSPS) is 12.2. The van der Waals surface area contributed by atoms with Crippen LogP contribution in [-0.4, -0.2) is 57.1 Å². The summed E-state index contributed by atoms with van der Waals surface area (Å²) in [6.45, 7) is 4.83. The van der Waals surface area contributed by atoms with Crippen molar-refractivity contribution in [3.05, 3.63) is 57.5 Å². The number of ether oxygens (including phenoxy) is 1. The molecule has 0 aliphatic rings. The molecule has 186 valence electrons. The molecule has 0 bridgehead atoms. The van der Waals surface area contributed by atoms with Crippen molar-refractivity contribution >= 4 is 55.1 Å². The first kappa shape index (κ1) is 27.9. The molecule has 11 heteroatoms. The van der Waals surface area contributed by atoms with Crippen molar-refractivity contribution in [1.29, 1.82) is 0 Å². The first-order valence-electron chi connectivity index (χ1n) is 10.5. The largest absolute Gasteiger partial charge is 0.495 e. The molecule has 0 aliphatic carbocycles. The van der Waals surface area contributed by atoms with E-state index in [1.165, 1.54) is 24.1 Å². The van der Waals surface area contributed by atoms with Gasteiger partial charge in [-0.3, -0.25) is 13.9 Å². The topological polar surface area (TPSA) is 96.0 Å². The van der Waals surface area contributed by atoms with Crippen molar-refractivity contribution in [2.45, 2.75) is 39.4 Å². The minimum atomic E-state index is -3.90. The first-order chi connectivity index (χ1) is 15.8. The molecule has 1 N–H and O–H groups in total. The van der Waals surface area contributed by atoms with E-state index in [9.17, 15) is 18.0 Å². The van der Waals surface area contributed by atoms with E-state index in [1.54, 1.807) is 13.0 Å². The Balaban J connectivity index is 2.45. The van der Waals surface area contributed by atoms with Gasteiger partial charge in [0.2, 0.25) is 21.8 Å². The Morgan fingerprint density at radius 2 is 1.74 bits per heavy atom. The molecule has 0 radical (unpaired) electrons. The van der Waals surface area contributed by atoms with Crippen LogP contribution in [0.4, 0.5) is 5.69 Å². The number of carbonyl (C=O) groups excluding carboxylic acids is 2. The lowest BCUT2D eigenvalue weighted by Gasteiger charge is -2.32. The maximum atomic E-state index is 13.5. The summed E-state index contributed by atoms with van der Waals surface area (Å²) in [5, 5.41) is 3.09. The summed E-state index contributed by atoms with van der Waals surface area (Å²) in [4.78, 5) is 27.6. The van der Waals surface area contributed by atoms with E-state index >= 15 is 0 Å². The summed E-state index contributed by atoms with van der Waals surface area (Å²) < 4.78 is 32.5. The number of nitrogens with one attached hydrogen (secondary N) is 1. The highest BCUT2D eigenvalue weighted by Crippen LogP contribution is 2.33. The molecule has 0 fully saturated rings. The number of amides is 2. The number of hydrogen-bond acceptors (Lipinski definition) is 5. The number of sulfonamides is 1. The molecule has 34 heavy (non-hydrogen) atoms. The second-order valence-corrected chi connectivity index (χ2v) is 11.3. The number of benzene rings is 2. The Kier molecular flexibility index (Phi) is 9.78. The molecule has 0 saturated heterocycles. The lowest BCUT2D eigenvalue weighted by atomic mass is 10.1. The van der Waals surface area contributed by atoms with E-state index in [1.807, 2.05) is 38.1 Å². The summed E-state index contributed by atoms with van der Waals surface area (Å²) in [6, 6.07) is 10.8. The van der Waals surface area contributed by atoms with Crippen LogP contribution in [0.2, 0.25) is 5.02 Å². The molecule has 0 saturated carbocycles. The highest BCUT2D eigenvalue weighted by atomic mass is 79.9. The monoisotopic (exact) mass is 573 g/mol. The van der Waals surface area contributed by atoms with Crippen molar-refractivity contribution in [3.63, 3.8) is 0 Å². The van der Waals surface area contributed by atoms with Crippen LogP contribution in [0, 0.1) is 0 Å². The van der Waals surface area contributed by atoms with Gasteiger partial charge in [0.05, 0.1) is 19.1 Å². The average molecular weight is 575 g/mol. The van der Waals surface area contributed by atoms with Gasteiger partial charge in [0.1, 0.15) is 18.3 Å². The summed E-state index contributed by atoms with van der Waals surface area (Å²) in [5.74, 6) is -0.652. The maximum Gasteiger partial charge on any atom is 0.244 e. The summed E-state index contributed by atoms with van der Waals surface area (Å²) >= 11 is 9.48. The molecule has 2 aromatic rings. The molecular formula is C23H29BrClN3O5S. The number of halogens is 2. The minimum absolute atomic E-state index is 0.114. The number of rotatable bonds is 10. The van der Waals surface area contributed by atoms with E-state index in [4.69, 9.17) is 16.3 Å². The van der Waals surface area contributed by atoms with Crippen LogP contribution >= 0.6 is 27.5 Å². The number of anilines is 1. The summed E-state index contributed by atoms with van der Waals surface area (Å²) in [7, 11) is -2.50. The van der Waals surface area contributed by atoms with E-state index in [0.717, 1.165) is 20.6 Å². The number of nitrogens with zero attached hydrogens (tertiary/aromatic N) is 2. The highest BCUT2D eigenvalue weighted by molar-refractivity contribution is 9.10. The fraction of sp³-hybridized carbons (Fsp3) is 0.391. The van der Waals surface area contributed by atoms with Crippen molar-refractivity contribution in [3.8, 4) is 5.75 Å². The Hall–Kier alpha value is -2.30.